The predicted molar refractivity (Wildman–Crippen MR) is 107 cm³/mol. The van der Waals surface area contributed by atoms with Crippen LogP contribution in [0.4, 0.5) is 16.2 Å². The van der Waals surface area contributed by atoms with Gasteiger partial charge in [-0.25, -0.2) is 4.79 Å². The summed E-state index contributed by atoms with van der Waals surface area (Å²) in [5, 5.41) is 16.1. The molecule has 2 aliphatic rings. The fourth-order valence-corrected chi connectivity index (χ4v) is 3.93. The summed E-state index contributed by atoms with van der Waals surface area (Å²) >= 11 is 0. The first-order chi connectivity index (χ1) is 12.8. The van der Waals surface area contributed by atoms with Gasteiger partial charge in [0.1, 0.15) is 0 Å². The van der Waals surface area contributed by atoms with Gasteiger partial charge in [-0.1, -0.05) is 18.9 Å². The molecule has 1 saturated heterocycles. The summed E-state index contributed by atoms with van der Waals surface area (Å²) in [5.41, 5.74) is 1.70. The number of carbonyl (C=O) groups is 2. The van der Waals surface area contributed by atoms with Crippen LogP contribution >= 0.6 is 0 Å². The molecule has 3 N–H and O–H groups in total. The zero-order chi connectivity index (χ0) is 19.4. The number of urea groups is 1. The monoisotopic (exact) mass is 373 g/mol. The maximum atomic E-state index is 12.6. The number of anilines is 2. The highest BCUT2D eigenvalue weighted by atomic mass is 16.3. The van der Waals surface area contributed by atoms with Crippen LogP contribution < -0.4 is 10.6 Å². The van der Waals surface area contributed by atoms with Crippen molar-refractivity contribution in [3.05, 3.63) is 23.8 Å². The van der Waals surface area contributed by atoms with Crippen LogP contribution in [0.15, 0.2) is 18.2 Å². The highest BCUT2D eigenvalue weighted by molar-refractivity contribution is 5.95. The third kappa shape index (κ3) is 5.22. The fourth-order valence-electron chi connectivity index (χ4n) is 3.93. The first-order valence-corrected chi connectivity index (χ1v) is 10.0. The molecule has 1 aromatic rings. The number of amides is 3. The number of nitrogens with one attached hydrogen (secondary N) is 2. The van der Waals surface area contributed by atoms with Gasteiger partial charge in [-0.05, 0) is 63.6 Å². The number of carbonyl (C=O) groups excluding carboxylic acids is 2. The molecule has 3 rings (SSSR count). The van der Waals surface area contributed by atoms with E-state index in [1.165, 1.54) is 0 Å². The number of nitrogens with zero attached hydrogens (tertiary/aromatic N) is 1. The van der Waals surface area contributed by atoms with E-state index in [2.05, 4.69) is 10.6 Å². The summed E-state index contributed by atoms with van der Waals surface area (Å²) in [6.07, 6.45) is 6.23. The van der Waals surface area contributed by atoms with Gasteiger partial charge in [0.15, 0.2) is 0 Å². The Labute approximate surface area is 161 Å². The fraction of sp³-hybridized carbons (Fsp3) is 0.619. The zero-order valence-corrected chi connectivity index (χ0v) is 16.4. The molecule has 1 aliphatic carbocycles. The van der Waals surface area contributed by atoms with E-state index in [0.717, 1.165) is 43.4 Å². The Morgan fingerprint density at radius 2 is 1.85 bits per heavy atom. The molecule has 1 aromatic carbocycles. The van der Waals surface area contributed by atoms with Crippen LogP contribution in [0, 0.1) is 12.8 Å². The second-order valence-corrected chi connectivity index (χ2v) is 8.27. The van der Waals surface area contributed by atoms with Crippen molar-refractivity contribution in [2.75, 3.05) is 23.7 Å². The molecule has 0 radical (unpaired) electrons. The van der Waals surface area contributed by atoms with Crippen molar-refractivity contribution in [2.45, 2.75) is 64.4 Å². The van der Waals surface area contributed by atoms with Gasteiger partial charge in [0, 0.05) is 30.4 Å². The lowest BCUT2D eigenvalue weighted by Gasteiger charge is -2.23. The van der Waals surface area contributed by atoms with E-state index in [0.29, 0.717) is 31.6 Å². The van der Waals surface area contributed by atoms with Crippen molar-refractivity contribution < 1.29 is 14.7 Å². The molecule has 0 aromatic heterocycles. The third-order valence-corrected chi connectivity index (χ3v) is 5.82. The third-order valence-electron chi connectivity index (χ3n) is 5.82. The molecule has 0 spiro atoms. The van der Waals surface area contributed by atoms with E-state index in [9.17, 15) is 14.7 Å². The molecule has 1 aliphatic heterocycles. The summed E-state index contributed by atoms with van der Waals surface area (Å²) in [7, 11) is 0. The van der Waals surface area contributed by atoms with E-state index in [1.807, 2.05) is 32.0 Å². The van der Waals surface area contributed by atoms with Crippen molar-refractivity contribution in [3.63, 3.8) is 0 Å². The van der Waals surface area contributed by atoms with Crippen molar-refractivity contribution in [2.24, 2.45) is 5.92 Å². The summed E-state index contributed by atoms with van der Waals surface area (Å²) in [6.45, 7) is 4.95. The summed E-state index contributed by atoms with van der Waals surface area (Å²) in [5.74, 6) is 0.182. The molecule has 1 atom stereocenters. The molecule has 148 valence electrons. The quantitative estimate of drug-likeness (QED) is 0.752. The van der Waals surface area contributed by atoms with Crippen molar-refractivity contribution >= 4 is 23.3 Å². The topological polar surface area (TPSA) is 81.7 Å². The lowest BCUT2D eigenvalue weighted by molar-refractivity contribution is -0.119. The second kappa shape index (κ2) is 8.30. The summed E-state index contributed by atoms with van der Waals surface area (Å²) < 4.78 is 0. The smallest absolute Gasteiger partial charge is 0.321 e. The van der Waals surface area contributed by atoms with Crippen molar-refractivity contribution in [1.29, 1.82) is 0 Å². The van der Waals surface area contributed by atoms with Gasteiger partial charge < -0.3 is 20.6 Å². The Balaban J connectivity index is 1.63. The Morgan fingerprint density at radius 1 is 1.11 bits per heavy atom. The SMILES string of the molecule is Cc1ccc(NC(=O)N2CCCC(C)(O)CC2)cc1NC(=O)C1CCCC1. The van der Waals surface area contributed by atoms with Gasteiger partial charge in [-0.15, -0.1) is 0 Å². The average molecular weight is 373 g/mol. The minimum Gasteiger partial charge on any atom is -0.390 e. The molecular formula is C21H31N3O3. The lowest BCUT2D eigenvalue weighted by Crippen LogP contribution is -2.36. The van der Waals surface area contributed by atoms with Gasteiger partial charge in [0.2, 0.25) is 5.91 Å². The Kier molecular flexibility index (Phi) is 6.05. The first kappa shape index (κ1) is 19.7. The number of likely N-dealkylation sites (tertiary alicyclic amines) is 1. The molecule has 6 heteroatoms. The highest BCUT2D eigenvalue weighted by Gasteiger charge is 2.27. The molecule has 1 heterocycles. The van der Waals surface area contributed by atoms with Crippen LogP contribution in [0.3, 0.4) is 0 Å². The minimum absolute atomic E-state index is 0.0776. The minimum atomic E-state index is -0.698. The average Bonchev–Trinajstić information content (AvgIpc) is 3.09. The molecule has 6 nitrogen and oxygen atoms in total. The van der Waals surface area contributed by atoms with E-state index in [-0.39, 0.29) is 17.9 Å². The van der Waals surface area contributed by atoms with Gasteiger partial charge in [-0.3, -0.25) is 4.79 Å². The van der Waals surface area contributed by atoms with Crippen LogP contribution in [0.25, 0.3) is 0 Å². The number of rotatable bonds is 3. The number of benzene rings is 1. The van der Waals surface area contributed by atoms with Gasteiger partial charge in [0.05, 0.1) is 5.60 Å². The summed E-state index contributed by atoms with van der Waals surface area (Å²) in [6, 6.07) is 5.43. The number of hydrogen-bond donors (Lipinski definition) is 3. The van der Waals surface area contributed by atoms with Crippen molar-refractivity contribution in [3.8, 4) is 0 Å². The van der Waals surface area contributed by atoms with Crippen LogP contribution in [0.2, 0.25) is 0 Å². The predicted octanol–water partition coefficient (Wildman–Crippen LogP) is 3.89. The van der Waals surface area contributed by atoms with Gasteiger partial charge >= 0.3 is 6.03 Å². The van der Waals surface area contributed by atoms with E-state index >= 15 is 0 Å². The van der Waals surface area contributed by atoms with Gasteiger partial charge in [-0.2, -0.15) is 0 Å². The van der Waals surface area contributed by atoms with E-state index in [4.69, 9.17) is 0 Å². The van der Waals surface area contributed by atoms with Crippen LogP contribution in [-0.2, 0) is 4.79 Å². The Bertz CT molecular complexity index is 696. The summed E-state index contributed by atoms with van der Waals surface area (Å²) in [4.78, 5) is 26.8. The zero-order valence-electron chi connectivity index (χ0n) is 16.4. The first-order valence-electron chi connectivity index (χ1n) is 10.0. The van der Waals surface area contributed by atoms with Crippen LogP contribution in [-0.4, -0.2) is 40.6 Å². The van der Waals surface area contributed by atoms with Crippen LogP contribution in [0.5, 0.6) is 0 Å². The molecule has 1 saturated carbocycles. The molecule has 1 unspecified atom stereocenters. The van der Waals surface area contributed by atoms with E-state index in [1.54, 1.807) is 4.90 Å². The highest BCUT2D eigenvalue weighted by Crippen LogP contribution is 2.28. The maximum absolute atomic E-state index is 12.6. The Hall–Kier alpha value is -2.08. The molecule has 3 amide bonds. The number of aliphatic hydroxyl groups is 1. The Morgan fingerprint density at radius 3 is 2.59 bits per heavy atom. The molecule has 2 fully saturated rings. The second-order valence-electron chi connectivity index (χ2n) is 8.27. The normalized spacial score (nSPS) is 23.7. The largest absolute Gasteiger partial charge is 0.390 e. The maximum Gasteiger partial charge on any atom is 0.321 e. The van der Waals surface area contributed by atoms with Crippen LogP contribution in [0.1, 0.15) is 57.4 Å². The molecule has 27 heavy (non-hydrogen) atoms. The standard InChI is InChI=1S/C21H31N3O3/c1-15-8-9-17(14-18(15)23-19(25)16-6-3-4-7-16)22-20(26)24-12-5-10-21(2,27)11-13-24/h8-9,14,16,27H,3-7,10-13H2,1-2H3,(H,22,26)(H,23,25). The van der Waals surface area contributed by atoms with Crippen molar-refractivity contribution in [1.82, 2.24) is 4.90 Å². The number of hydrogen-bond acceptors (Lipinski definition) is 3. The molecule has 0 bridgehead atoms. The molecular weight excluding hydrogens is 342 g/mol. The number of aryl methyl sites for hydroxylation is 1. The van der Waals surface area contributed by atoms with E-state index < -0.39 is 5.60 Å². The lowest BCUT2D eigenvalue weighted by atomic mass is 9.98. The van der Waals surface area contributed by atoms with Gasteiger partial charge in [0.25, 0.3) is 0 Å².